The van der Waals surface area contributed by atoms with E-state index in [1.165, 1.54) is 0 Å². The van der Waals surface area contributed by atoms with Gasteiger partial charge in [-0.3, -0.25) is 9.59 Å². The lowest BCUT2D eigenvalue weighted by molar-refractivity contribution is -0.173. The van der Waals surface area contributed by atoms with Crippen molar-refractivity contribution in [2.45, 2.75) is 38.0 Å². The lowest BCUT2D eigenvalue weighted by atomic mass is 9.80. The number of rotatable bonds is 10. The summed E-state index contributed by atoms with van der Waals surface area (Å²) in [5.74, 6) is 1.55. The Labute approximate surface area is 158 Å². The molecule has 27 heavy (non-hydrogen) atoms. The summed E-state index contributed by atoms with van der Waals surface area (Å²) in [4.78, 5) is 25.6. The molecule has 2 heterocycles. The van der Waals surface area contributed by atoms with Gasteiger partial charge < -0.3 is 14.7 Å². The number of carboxylic acid groups (broad SMARTS) is 1. The molecule has 0 saturated carbocycles. The van der Waals surface area contributed by atoms with E-state index in [0.717, 1.165) is 5.56 Å². The van der Waals surface area contributed by atoms with Gasteiger partial charge in [0, 0.05) is 38.8 Å². The van der Waals surface area contributed by atoms with Crippen LogP contribution in [0.2, 0.25) is 0 Å². The van der Waals surface area contributed by atoms with E-state index in [-0.39, 0.29) is 32.0 Å². The van der Waals surface area contributed by atoms with Gasteiger partial charge in [-0.05, 0) is 5.56 Å². The van der Waals surface area contributed by atoms with Crippen LogP contribution >= 0.6 is 0 Å². The fraction of sp³-hybridized carbons (Fsp3) is 0.500. The number of carbonyl (C=O) groups excluding carboxylic acids is 1. The topological polar surface area (TPSA) is 91.6 Å². The first-order chi connectivity index (χ1) is 13.0. The fourth-order valence-electron chi connectivity index (χ4n) is 3.22. The van der Waals surface area contributed by atoms with Crippen LogP contribution in [0.1, 0.15) is 31.2 Å². The normalized spacial score (nSPS) is 18.4. The first kappa shape index (κ1) is 19.1. The van der Waals surface area contributed by atoms with E-state index in [1.54, 1.807) is 4.90 Å². The van der Waals surface area contributed by atoms with Crippen molar-refractivity contribution in [2.75, 3.05) is 19.7 Å². The minimum Gasteiger partial charge on any atom is -0.481 e. The molecule has 1 saturated heterocycles. The van der Waals surface area contributed by atoms with Crippen LogP contribution in [0.3, 0.4) is 0 Å². The highest BCUT2D eigenvalue weighted by Crippen LogP contribution is 2.39. The van der Waals surface area contributed by atoms with Crippen molar-refractivity contribution >= 4 is 11.9 Å². The average molecular weight is 369 g/mol. The lowest BCUT2D eigenvalue weighted by Crippen LogP contribution is -2.64. The number of carboxylic acids is 1. The predicted molar refractivity (Wildman–Crippen MR) is 97.6 cm³/mol. The Morgan fingerprint density at radius 2 is 1.93 bits per heavy atom. The summed E-state index contributed by atoms with van der Waals surface area (Å²) >= 11 is 0. The smallest absolute Gasteiger partial charge is 0.315 e. The van der Waals surface area contributed by atoms with Gasteiger partial charge in [-0.1, -0.05) is 30.3 Å². The van der Waals surface area contributed by atoms with Gasteiger partial charge >= 0.3 is 5.97 Å². The number of hydrogen-bond acceptors (Lipinski definition) is 5. The number of hydrogen-bond donors (Lipinski definition) is 1. The van der Waals surface area contributed by atoms with Crippen LogP contribution < -0.4 is 0 Å². The Morgan fingerprint density at radius 3 is 2.52 bits per heavy atom. The number of likely N-dealkylation sites (tertiary alicyclic amines) is 1. The van der Waals surface area contributed by atoms with Gasteiger partial charge in [0.1, 0.15) is 5.41 Å². The van der Waals surface area contributed by atoms with E-state index >= 15 is 0 Å². The maximum absolute atomic E-state index is 12.3. The quantitative estimate of drug-likeness (QED) is 0.641. The van der Waals surface area contributed by atoms with Crippen LogP contribution in [-0.2, 0) is 20.9 Å². The number of ether oxygens (including phenoxy) is 1. The molecule has 142 valence electrons. The first-order valence-electron chi connectivity index (χ1n) is 8.99. The van der Waals surface area contributed by atoms with E-state index in [2.05, 4.69) is 16.1 Å². The molecule has 0 aromatic heterocycles. The monoisotopic (exact) mass is 369 g/mol. The Bertz CT molecular complexity index is 757. The van der Waals surface area contributed by atoms with Crippen molar-refractivity contribution in [3.63, 3.8) is 0 Å². The zero-order valence-electron chi connectivity index (χ0n) is 15.1. The summed E-state index contributed by atoms with van der Waals surface area (Å²) in [6.45, 7) is 0.769. The maximum Gasteiger partial charge on any atom is 0.315 e. The maximum atomic E-state index is 12.3. The van der Waals surface area contributed by atoms with Crippen molar-refractivity contribution < 1.29 is 19.4 Å². The van der Waals surface area contributed by atoms with Gasteiger partial charge in [0.25, 0.3) is 0 Å². The molecule has 0 spiro atoms. The molecule has 0 bridgehead atoms. The van der Waals surface area contributed by atoms with E-state index in [0.29, 0.717) is 25.9 Å². The summed E-state index contributed by atoms with van der Waals surface area (Å²) in [6, 6.07) is 9.58. The number of nitrogens with zero attached hydrogens (tertiary/aromatic N) is 3. The number of amides is 1. The van der Waals surface area contributed by atoms with E-state index < -0.39 is 17.0 Å². The van der Waals surface area contributed by atoms with Crippen molar-refractivity contribution in [2.24, 2.45) is 15.6 Å². The molecule has 1 aromatic carbocycles. The Kier molecular flexibility index (Phi) is 5.57. The second-order valence-corrected chi connectivity index (χ2v) is 7.20. The molecule has 2 aliphatic rings. The van der Waals surface area contributed by atoms with Crippen molar-refractivity contribution in [1.82, 2.24) is 4.90 Å². The highest BCUT2D eigenvalue weighted by molar-refractivity contribution is 5.83. The summed E-state index contributed by atoms with van der Waals surface area (Å²) in [5.41, 5.74) is -0.533. The van der Waals surface area contributed by atoms with Crippen LogP contribution in [0.5, 0.6) is 0 Å². The molecule has 7 heteroatoms. The number of aliphatic carboxylic acids is 1. The summed E-state index contributed by atoms with van der Waals surface area (Å²) in [5, 5.41) is 17.6. The zero-order chi connectivity index (χ0) is 19.3. The van der Waals surface area contributed by atoms with Gasteiger partial charge in [0.2, 0.25) is 5.91 Å². The Morgan fingerprint density at radius 1 is 1.22 bits per heavy atom. The molecule has 0 radical (unpaired) electrons. The SMILES string of the molecule is C#CCCC1(CCC(=O)N2CC(COCc3ccccc3)(C(=O)O)C2)N=N1. The third-order valence-corrected chi connectivity index (χ3v) is 5.08. The molecule has 1 fully saturated rings. The summed E-state index contributed by atoms with van der Waals surface area (Å²) in [7, 11) is 0. The minimum atomic E-state index is -1.03. The minimum absolute atomic E-state index is 0.0766. The third kappa shape index (κ3) is 4.52. The molecule has 0 atom stereocenters. The van der Waals surface area contributed by atoms with Crippen molar-refractivity contribution in [3.05, 3.63) is 35.9 Å². The van der Waals surface area contributed by atoms with Gasteiger partial charge in [0.15, 0.2) is 5.66 Å². The van der Waals surface area contributed by atoms with Crippen LogP contribution in [-0.4, -0.2) is 47.2 Å². The second-order valence-electron chi connectivity index (χ2n) is 7.20. The van der Waals surface area contributed by atoms with Gasteiger partial charge in [-0.15, -0.1) is 12.3 Å². The van der Waals surface area contributed by atoms with Gasteiger partial charge in [0.05, 0.1) is 13.2 Å². The molecular weight excluding hydrogens is 346 g/mol. The standard InChI is InChI=1S/C20H23N3O4/c1-2-3-10-20(21-22-20)11-9-17(24)23-13-19(14-23,18(25)26)15-27-12-16-7-5-4-6-8-16/h1,4-8H,3,9-15H2,(H,25,26). The summed E-state index contributed by atoms with van der Waals surface area (Å²) < 4.78 is 5.62. The largest absolute Gasteiger partial charge is 0.481 e. The van der Waals surface area contributed by atoms with Crippen LogP contribution in [0, 0.1) is 17.8 Å². The third-order valence-electron chi connectivity index (χ3n) is 5.08. The molecule has 1 amide bonds. The predicted octanol–water partition coefficient (Wildman–Crippen LogP) is 2.47. The lowest BCUT2D eigenvalue weighted by Gasteiger charge is -2.46. The number of benzene rings is 1. The Hall–Kier alpha value is -2.72. The summed E-state index contributed by atoms with van der Waals surface area (Å²) in [6.07, 6.45) is 7.30. The first-order valence-corrected chi connectivity index (χ1v) is 8.99. The molecule has 1 N–H and O–H groups in total. The molecule has 0 unspecified atom stereocenters. The van der Waals surface area contributed by atoms with Crippen LogP contribution in [0.25, 0.3) is 0 Å². The second kappa shape index (κ2) is 7.89. The highest BCUT2D eigenvalue weighted by atomic mass is 16.5. The highest BCUT2D eigenvalue weighted by Gasteiger charge is 2.52. The van der Waals surface area contributed by atoms with Gasteiger partial charge in [-0.2, -0.15) is 10.2 Å². The van der Waals surface area contributed by atoms with Crippen molar-refractivity contribution in [1.29, 1.82) is 0 Å². The molecular formula is C20H23N3O4. The molecule has 7 nitrogen and oxygen atoms in total. The Balaban J connectivity index is 1.43. The number of terminal acetylenes is 1. The van der Waals surface area contributed by atoms with Gasteiger partial charge in [-0.25, -0.2) is 0 Å². The molecule has 1 aromatic rings. The van der Waals surface area contributed by atoms with E-state index in [4.69, 9.17) is 11.2 Å². The van der Waals surface area contributed by atoms with E-state index in [9.17, 15) is 14.7 Å². The average Bonchev–Trinajstić information content (AvgIpc) is 3.41. The molecule has 3 rings (SSSR count). The molecule has 2 aliphatic heterocycles. The van der Waals surface area contributed by atoms with Crippen LogP contribution in [0.4, 0.5) is 0 Å². The van der Waals surface area contributed by atoms with E-state index in [1.807, 2.05) is 30.3 Å². The van der Waals surface area contributed by atoms with Crippen molar-refractivity contribution in [3.8, 4) is 12.3 Å². The fourth-order valence-corrected chi connectivity index (χ4v) is 3.22. The zero-order valence-corrected chi connectivity index (χ0v) is 15.1. The number of carbonyl (C=O) groups is 2. The van der Waals surface area contributed by atoms with Crippen LogP contribution in [0.15, 0.2) is 40.6 Å². The molecule has 0 aliphatic carbocycles.